The van der Waals surface area contributed by atoms with Crippen molar-refractivity contribution in [3.63, 3.8) is 0 Å². The first kappa shape index (κ1) is 14.1. The van der Waals surface area contributed by atoms with Gasteiger partial charge >= 0.3 is 0 Å². The molecule has 1 aromatic heterocycles. The van der Waals surface area contributed by atoms with Gasteiger partial charge in [0.2, 0.25) is 0 Å². The van der Waals surface area contributed by atoms with E-state index in [-0.39, 0.29) is 6.04 Å². The Hall–Kier alpha value is -1.90. The zero-order valence-electron chi connectivity index (χ0n) is 11.9. The molecule has 0 fully saturated rings. The summed E-state index contributed by atoms with van der Waals surface area (Å²) in [5.41, 5.74) is 2.30. The van der Waals surface area contributed by atoms with Gasteiger partial charge in [0.1, 0.15) is 0 Å². The first-order valence-electron chi connectivity index (χ1n) is 7.11. The summed E-state index contributed by atoms with van der Waals surface area (Å²) in [6.07, 6.45) is 3.75. The average Bonchev–Trinajstić information content (AvgIpc) is 2.53. The lowest BCUT2D eigenvalue weighted by molar-refractivity contribution is 0.634. The minimum absolute atomic E-state index is 0.0663. The summed E-state index contributed by atoms with van der Waals surface area (Å²) >= 11 is 6.40. The van der Waals surface area contributed by atoms with Gasteiger partial charge in [-0.25, -0.2) is 0 Å². The van der Waals surface area contributed by atoms with Crippen LogP contribution >= 0.6 is 11.6 Å². The number of fused-ring (bicyclic) bond motifs is 1. The van der Waals surface area contributed by atoms with Crippen molar-refractivity contribution in [3.05, 3.63) is 77.1 Å². The zero-order valence-corrected chi connectivity index (χ0v) is 12.6. The van der Waals surface area contributed by atoms with E-state index in [0.29, 0.717) is 0 Å². The van der Waals surface area contributed by atoms with Gasteiger partial charge in [-0.15, -0.1) is 0 Å². The van der Waals surface area contributed by atoms with Crippen LogP contribution in [-0.4, -0.2) is 11.5 Å². The Balaban J connectivity index is 2.19. The maximum atomic E-state index is 6.40. The second-order valence-corrected chi connectivity index (χ2v) is 5.36. The van der Waals surface area contributed by atoms with E-state index in [1.165, 1.54) is 10.9 Å². The van der Waals surface area contributed by atoms with Crippen LogP contribution in [-0.2, 0) is 0 Å². The molecule has 0 spiro atoms. The first-order valence-corrected chi connectivity index (χ1v) is 7.49. The maximum Gasteiger partial charge on any atom is 0.0598 e. The Morgan fingerprint density at radius 1 is 1.05 bits per heavy atom. The third-order valence-electron chi connectivity index (χ3n) is 3.65. The standard InChI is InChI=1S/C18H17ClN2/c1-2-21-18(15-7-3-4-9-17(15)19)14-8-5-6-13-10-11-20-12-16(13)14/h3-12,18,21H,2H2,1H3. The number of rotatable bonds is 4. The van der Waals surface area contributed by atoms with Crippen LogP contribution in [0.2, 0.25) is 5.02 Å². The average molecular weight is 297 g/mol. The van der Waals surface area contributed by atoms with Crippen molar-refractivity contribution in [2.45, 2.75) is 13.0 Å². The third-order valence-corrected chi connectivity index (χ3v) is 4.00. The van der Waals surface area contributed by atoms with Gasteiger partial charge < -0.3 is 5.32 Å². The zero-order chi connectivity index (χ0) is 14.7. The number of halogens is 1. The minimum Gasteiger partial charge on any atom is -0.306 e. The van der Waals surface area contributed by atoms with E-state index in [1.54, 1.807) is 0 Å². The fourth-order valence-electron chi connectivity index (χ4n) is 2.69. The summed E-state index contributed by atoms with van der Waals surface area (Å²) in [6, 6.07) is 16.4. The molecule has 2 aromatic carbocycles. The number of hydrogen-bond acceptors (Lipinski definition) is 2. The SMILES string of the molecule is CCNC(c1ccccc1Cl)c1cccc2ccncc12. The van der Waals surface area contributed by atoms with Crippen LogP contribution < -0.4 is 5.32 Å². The molecule has 1 N–H and O–H groups in total. The fraction of sp³-hybridized carbons (Fsp3) is 0.167. The van der Waals surface area contributed by atoms with Gasteiger partial charge in [-0.1, -0.05) is 54.9 Å². The lowest BCUT2D eigenvalue weighted by atomic mass is 9.94. The van der Waals surface area contributed by atoms with Crippen molar-refractivity contribution in [2.24, 2.45) is 0 Å². The molecule has 2 nitrogen and oxygen atoms in total. The number of pyridine rings is 1. The van der Waals surface area contributed by atoms with Gasteiger partial charge in [-0.05, 0) is 35.2 Å². The predicted octanol–water partition coefficient (Wildman–Crippen LogP) is 4.59. The Morgan fingerprint density at radius 3 is 2.67 bits per heavy atom. The molecule has 0 amide bonds. The smallest absolute Gasteiger partial charge is 0.0598 e. The first-order chi connectivity index (χ1) is 10.3. The molecular weight excluding hydrogens is 280 g/mol. The van der Waals surface area contributed by atoms with E-state index in [4.69, 9.17) is 11.6 Å². The van der Waals surface area contributed by atoms with Crippen molar-refractivity contribution in [2.75, 3.05) is 6.54 Å². The van der Waals surface area contributed by atoms with E-state index >= 15 is 0 Å². The summed E-state index contributed by atoms with van der Waals surface area (Å²) in [4.78, 5) is 4.27. The van der Waals surface area contributed by atoms with E-state index in [0.717, 1.165) is 22.5 Å². The highest BCUT2D eigenvalue weighted by Crippen LogP contribution is 2.32. The Kier molecular flexibility index (Phi) is 4.18. The molecule has 0 saturated carbocycles. The summed E-state index contributed by atoms with van der Waals surface area (Å²) < 4.78 is 0. The quantitative estimate of drug-likeness (QED) is 0.762. The number of aromatic nitrogens is 1. The van der Waals surface area contributed by atoms with Crippen molar-refractivity contribution in [3.8, 4) is 0 Å². The second-order valence-electron chi connectivity index (χ2n) is 4.96. The molecule has 3 heteroatoms. The number of hydrogen-bond donors (Lipinski definition) is 1. The highest BCUT2D eigenvalue weighted by molar-refractivity contribution is 6.31. The Labute approximate surface area is 129 Å². The summed E-state index contributed by atoms with van der Waals surface area (Å²) in [5, 5.41) is 6.67. The van der Waals surface area contributed by atoms with Crippen LogP contribution in [0, 0.1) is 0 Å². The molecule has 0 radical (unpaired) electrons. The van der Waals surface area contributed by atoms with E-state index in [9.17, 15) is 0 Å². The molecule has 106 valence electrons. The van der Waals surface area contributed by atoms with Gasteiger partial charge in [0.25, 0.3) is 0 Å². The molecule has 0 aliphatic carbocycles. The van der Waals surface area contributed by atoms with Crippen LogP contribution in [0.4, 0.5) is 0 Å². The molecule has 1 atom stereocenters. The lowest BCUT2D eigenvalue weighted by Crippen LogP contribution is -2.22. The molecule has 0 bridgehead atoms. The summed E-state index contributed by atoms with van der Waals surface area (Å²) in [5.74, 6) is 0. The topological polar surface area (TPSA) is 24.9 Å². The van der Waals surface area contributed by atoms with E-state index in [2.05, 4.69) is 41.5 Å². The molecule has 3 rings (SSSR count). The third kappa shape index (κ3) is 2.78. The van der Waals surface area contributed by atoms with Crippen LogP contribution in [0.3, 0.4) is 0 Å². The van der Waals surface area contributed by atoms with Crippen LogP contribution in [0.15, 0.2) is 60.9 Å². The number of benzene rings is 2. The molecule has 3 aromatic rings. The van der Waals surface area contributed by atoms with Gasteiger partial charge in [-0.3, -0.25) is 4.98 Å². The molecule has 1 heterocycles. The monoisotopic (exact) mass is 296 g/mol. The molecule has 0 aliphatic heterocycles. The molecule has 1 unspecified atom stereocenters. The molecular formula is C18H17ClN2. The number of nitrogens with one attached hydrogen (secondary N) is 1. The van der Waals surface area contributed by atoms with Crippen molar-refractivity contribution >= 4 is 22.4 Å². The number of nitrogens with zero attached hydrogens (tertiary/aromatic N) is 1. The van der Waals surface area contributed by atoms with Crippen molar-refractivity contribution in [1.82, 2.24) is 10.3 Å². The van der Waals surface area contributed by atoms with Gasteiger partial charge in [0.15, 0.2) is 0 Å². The molecule has 21 heavy (non-hydrogen) atoms. The normalized spacial score (nSPS) is 12.5. The maximum absolute atomic E-state index is 6.40. The van der Waals surface area contributed by atoms with E-state index in [1.807, 2.05) is 36.7 Å². The van der Waals surface area contributed by atoms with Crippen LogP contribution in [0.25, 0.3) is 10.8 Å². The fourth-order valence-corrected chi connectivity index (χ4v) is 2.93. The van der Waals surface area contributed by atoms with Crippen LogP contribution in [0.5, 0.6) is 0 Å². The van der Waals surface area contributed by atoms with Crippen LogP contribution in [0.1, 0.15) is 24.1 Å². The highest BCUT2D eigenvalue weighted by atomic mass is 35.5. The molecule has 0 saturated heterocycles. The van der Waals surface area contributed by atoms with Crippen molar-refractivity contribution in [1.29, 1.82) is 0 Å². The largest absolute Gasteiger partial charge is 0.306 e. The second kappa shape index (κ2) is 6.25. The predicted molar refractivity (Wildman–Crippen MR) is 88.7 cm³/mol. The van der Waals surface area contributed by atoms with Gasteiger partial charge in [-0.2, -0.15) is 0 Å². The minimum atomic E-state index is 0.0663. The van der Waals surface area contributed by atoms with Gasteiger partial charge in [0.05, 0.1) is 6.04 Å². The van der Waals surface area contributed by atoms with Gasteiger partial charge in [0, 0.05) is 22.8 Å². The highest BCUT2D eigenvalue weighted by Gasteiger charge is 2.17. The van der Waals surface area contributed by atoms with Crippen molar-refractivity contribution < 1.29 is 0 Å². The summed E-state index contributed by atoms with van der Waals surface area (Å²) in [6.45, 7) is 2.97. The Bertz CT molecular complexity index is 750. The lowest BCUT2D eigenvalue weighted by Gasteiger charge is -2.21. The summed E-state index contributed by atoms with van der Waals surface area (Å²) in [7, 11) is 0. The Morgan fingerprint density at radius 2 is 1.86 bits per heavy atom. The van der Waals surface area contributed by atoms with E-state index < -0.39 is 0 Å². The molecule has 0 aliphatic rings.